The molecule has 0 aliphatic carbocycles. The van der Waals surface area contributed by atoms with Crippen LogP contribution in [0, 0.1) is 19.7 Å². The molecule has 2 aromatic rings. The number of hydrogen-bond acceptors (Lipinski definition) is 5. The molecule has 1 saturated heterocycles. The van der Waals surface area contributed by atoms with E-state index >= 15 is 0 Å². The number of aliphatic hydroxyl groups excluding tert-OH is 1. The quantitative estimate of drug-likeness (QED) is 0.871. The molecule has 0 atom stereocenters. The minimum Gasteiger partial charge on any atom is -0.393 e. The molecule has 4 nitrogen and oxygen atoms in total. The normalized spacial score (nSPS) is 15.9. The fourth-order valence-electron chi connectivity index (χ4n) is 3.08. The number of rotatable bonds is 5. The van der Waals surface area contributed by atoms with Crippen molar-refractivity contribution in [2.75, 3.05) is 18.0 Å². The fourth-order valence-corrected chi connectivity index (χ4v) is 3.99. The molecule has 1 aliphatic heterocycles. The molecule has 1 aromatic carbocycles. The third-order valence-corrected chi connectivity index (χ3v) is 5.50. The number of piperidine rings is 1. The van der Waals surface area contributed by atoms with Gasteiger partial charge in [0.1, 0.15) is 5.82 Å². The molecule has 24 heavy (non-hydrogen) atoms. The van der Waals surface area contributed by atoms with Crippen molar-refractivity contribution in [2.45, 2.75) is 45.9 Å². The third-order valence-electron chi connectivity index (χ3n) is 4.43. The lowest BCUT2D eigenvalue weighted by atomic mass is 10.1. The zero-order valence-corrected chi connectivity index (χ0v) is 15.0. The van der Waals surface area contributed by atoms with Crippen LogP contribution in [0.1, 0.15) is 34.0 Å². The van der Waals surface area contributed by atoms with Crippen molar-refractivity contribution in [3.8, 4) is 0 Å². The summed E-state index contributed by atoms with van der Waals surface area (Å²) >= 11 is 1.70. The summed E-state index contributed by atoms with van der Waals surface area (Å²) < 4.78 is 14.4. The standard InChI is InChI=1S/C18H24FN3OS/c1-12-18(24-13(2)21-12)11-20-10-14-3-4-17(16(19)9-14)22-7-5-15(23)6-8-22/h3-4,9,15,20,23H,5-8,10-11H2,1-2H3. The fraction of sp³-hybridized carbons (Fsp3) is 0.500. The van der Waals surface area contributed by atoms with Crippen LogP contribution < -0.4 is 10.2 Å². The van der Waals surface area contributed by atoms with Crippen LogP contribution in [0.15, 0.2) is 18.2 Å². The van der Waals surface area contributed by atoms with Crippen molar-refractivity contribution in [3.63, 3.8) is 0 Å². The number of nitrogens with zero attached hydrogens (tertiary/aromatic N) is 2. The third kappa shape index (κ3) is 4.12. The summed E-state index contributed by atoms with van der Waals surface area (Å²) in [7, 11) is 0. The van der Waals surface area contributed by atoms with Crippen molar-refractivity contribution in [1.82, 2.24) is 10.3 Å². The Morgan fingerprint density at radius 1 is 1.29 bits per heavy atom. The van der Waals surface area contributed by atoms with Gasteiger partial charge in [-0.1, -0.05) is 6.07 Å². The van der Waals surface area contributed by atoms with E-state index in [0.717, 1.165) is 22.8 Å². The van der Waals surface area contributed by atoms with Gasteiger partial charge in [-0.15, -0.1) is 11.3 Å². The van der Waals surface area contributed by atoms with Gasteiger partial charge < -0.3 is 15.3 Å². The van der Waals surface area contributed by atoms with Gasteiger partial charge in [0.05, 0.1) is 22.5 Å². The van der Waals surface area contributed by atoms with Crippen LogP contribution in [-0.2, 0) is 13.1 Å². The van der Waals surface area contributed by atoms with E-state index in [4.69, 9.17) is 0 Å². The second kappa shape index (κ2) is 7.59. The number of aryl methyl sites for hydroxylation is 2. The maximum absolute atomic E-state index is 14.4. The van der Waals surface area contributed by atoms with Crippen molar-refractivity contribution in [2.24, 2.45) is 0 Å². The van der Waals surface area contributed by atoms with Gasteiger partial charge in [0.15, 0.2) is 0 Å². The molecule has 0 saturated carbocycles. The van der Waals surface area contributed by atoms with Crippen LogP contribution in [0.5, 0.6) is 0 Å². The van der Waals surface area contributed by atoms with Gasteiger partial charge in [-0.05, 0) is 44.4 Å². The van der Waals surface area contributed by atoms with Crippen molar-refractivity contribution in [1.29, 1.82) is 0 Å². The first-order valence-corrected chi connectivity index (χ1v) is 9.19. The molecule has 0 unspecified atom stereocenters. The Balaban J connectivity index is 1.57. The number of nitrogens with one attached hydrogen (secondary N) is 1. The average Bonchev–Trinajstić information content (AvgIpc) is 2.86. The number of aliphatic hydroxyl groups is 1. The Bertz CT molecular complexity index is 696. The van der Waals surface area contributed by atoms with Crippen LogP contribution in [-0.4, -0.2) is 29.3 Å². The van der Waals surface area contributed by atoms with Gasteiger partial charge in [0.2, 0.25) is 0 Å². The zero-order valence-electron chi connectivity index (χ0n) is 14.2. The van der Waals surface area contributed by atoms with Gasteiger partial charge in [0, 0.05) is 31.1 Å². The number of halogens is 1. The molecule has 0 spiro atoms. The molecule has 1 fully saturated rings. The van der Waals surface area contributed by atoms with E-state index in [9.17, 15) is 9.50 Å². The van der Waals surface area contributed by atoms with Crippen LogP contribution in [0.25, 0.3) is 0 Å². The van der Waals surface area contributed by atoms with E-state index in [2.05, 4.69) is 10.3 Å². The largest absolute Gasteiger partial charge is 0.393 e. The number of aromatic nitrogens is 1. The van der Waals surface area contributed by atoms with E-state index in [1.807, 2.05) is 30.9 Å². The van der Waals surface area contributed by atoms with E-state index in [1.165, 1.54) is 4.88 Å². The summed E-state index contributed by atoms with van der Waals surface area (Å²) in [6, 6.07) is 5.44. The highest BCUT2D eigenvalue weighted by atomic mass is 32.1. The molecule has 0 bridgehead atoms. The minimum absolute atomic E-state index is 0.185. The maximum atomic E-state index is 14.4. The predicted octanol–water partition coefficient (Wildman–Crippen LogP) is 3.15. The summed E-state index contributed by atoms with van der Waals surface area (Å²) in [6.07, 6.45) is 1.17. The van der Waals surface area contributed by atoms with Crippen LogP contribution in [0.2, 0.25) is 0 Å². The summed E-state index contributed by atoms with van der Waals surface area (Å²) in [5.74, 6) is -0.185. The van der Waals surface area contributed by atoms with Crippen molar-refractivity contribution >= 4 is 17.0 Å². The van der Waals surface area contributed by atoms with E-state index in [0.29, 0.717) is 38.2 Å². The minimum atomic E-state index is -0.244. The molecule has 1 aliphatic rings. The molecule has 3 rings (SSSR count). The summed E-state index contributed by atoms with van der Waals surface area (Å²) in [5, 5.41) is 14.0. The Labute approximate surface area is 146 Å². The average molecular weight is 349 g/mol. The summed E-state index contributed by atoms with van der Waals surface area (Å²) in [6.45, 7) is 6.83. The number of hydrogen-bond donors (Lipinski definition) is 2. The SMILES string of the molecule is Cc1nc(C)c(CNCc2ccc(N3CCC(O)CC3)c(F)c2)s1. The highest BCUT2D eigenvalue weighted by Crippen LogP contribution is 2.24. The first-order chi connectivity index (χ1) is 11.5. The molecular formula is C18H24FN3OS. The molecule has 1 aromatic heterocycles. The Hall–Kier alpha value is -1.50. The zero-order chi connectivity index (χ0) is 17.1. The lowest BCUT2D eigenvalue weighted by Crippen LogP contribution is -2.36. The van der Waals surface area contributed by atoms with Gasteiger partial charge in [-0.2, -0.15) is 0 Å². The van der Waals surface area contributed by atoms with Crippen LogP contribution in [0.3, 0.4) is 0 Å². The maximum Gasteiger partial charge on any atom is 0.146 e. The molecule has 130 valence electrons. The van der Waals surface area contributed by atoms with Gasteiger partial charge in [-0.3, -0.25) is 0 Å². The molecule has 6 heteroatoms. The smallest absolute Gasteiger partial charge is 0.146 e. The Morgan fingerprint density at radius 3 is 2.67 bits per heavy atom. The Kier molecular flexibility index (Phi) is 5.48. The molecule has 0 radical (unpaired) electrons. The highest BCUT2D eigenvalue weighted by molar-refractivity contribution is 7.11. The van der Waals surface area contributed by atoms with Gasteiger partial charge in [-0.25, -0.2) is 9.37 Å². The summed E-state index contributed by atoms with van der Waals surface area (Å²) in [5.41, 5.74) is 2.64. The van der Waals surface area contributed by atoms with E-state index in [1.54, 1.807) is 17.4 Å². The summed E-state index contributed by atoms with van der Waals surface area (Å²) in [4.78, 5) is 7.66. The van der Waals surface area contributed by atoms with Gasteiger partial charge >= 0.3 is 0 Å². The van der Waals surface area contributed by atoms with E-state index in [-0.39, 0.29) is 11.9 Å². The van der Waals surface area contributed by atoms with Crippen LogP contribution in [0.4, 0.5) is 10.1 Å². The van der Waals surface area contributed by atoms with Gasteiger partial charge in [0.25, 0.3) is 0 Å². The number of thiazole rings is 1. The lowest BCUT2D eigenvalue weighted by molar-refractivity contribution is 0.145. The number of anilines is 1. The Morgan fingerprint density at radius 2 is 2.04 bits per heavy atom. The second-order valence-corrected chi connectivity index (χ2v) is 7.64. The molecular weight excluding hydrogens is 325 g/mol. The topological polar surface area (TPSA) is 48.4 Å². The predicted molar refractivity (Wildman–Crippen MR) is 96.0 cm³/mol. The van der Waals surface area contributed by atoms with E-state index < -0.39 is 0 Å². The number of benzene rings is 1. The molecule has 2 N–H and O–H groups in total. The monoisotopic (exact) mass is 349 g/mol. The molecule has 2 heterocycles. The van der Waals surface area contributed by atoms with Crippen molar-refractivity contribution in [3.05, 3.63) is 45.2 Å². The first-order valence-electron chi connectivity index (χ1n) is 8.38. The lowest BCUT2D eigenvalue weighted by Gasteiger charge is -2.31. The molecule has 0 amide bonds. The second-order valence-electron chi connectivity index (χ2n) is 6.35. The van der Waals surface area contributed by atoms with Crippen LogP contribution >= 0.6 is 11.3 Å². The first kappa shape index (κ1) is 17.3. The van der Waals surface area contributed by atoms with Crippen molar-refractivity contribution < 1.29 is 9.50 Å². The highest BCUT2D eigenvalue weighted by Gasteiger charge is 2.19.